The Morgan fingerprint density at radius 3 is 2.60 bits per heavy atom. The van der Waals surface area contributed by atoms with E-state index in [1.165, 1.54) is 0 Å². The molecule has 2 rings (SSSR count). The van der Waals surface area contributed by atoms with Crippen molar-refractivity contribution in [3.63, 3.8) is 0 Å². The largest absolute Gasteiger partial charge is 0.485 e. The van der Waals surface area contributed by atoms with Gasteiger partial charge < -0.3 is 9.84 Å². The van der Waals surface area contributed by atoms with Gasteiger partial charge in [0.15, 0.2) is 0 Å². The van der Waals surface area contributed by atoms with Crippen LogP contribution in [0.4, 0.5) is 0 Å². The monoisotopic (exact) mass is 481 g/mol. The zero-order chi connectivity index (χ0) is 9.97. The fourth-order valence-electron chi connectivity index (χ4n) is 1.44. The molecule has 4 heteroatoms. The fraction of sp³-hybridized carbons (Fsp3) is 0.273. The Morgan fingerprint density at radius 1 is 1.27 bits per heavy atom. The average molecular weight is 482 g/mol. The molecule has 77 valence electrons. The zero-order valence-electron chi connectivity index (χ0n) is 8.14. The number of aliphatic hydroxyl groups is 1. The maximum absolute atomic E-state index is 9.27. The molecule has 1 N–H and O–H groups in total. The van der Waals surface area contributed by atoms with E-state index in [9.17, 15) is 5.11 Å². The topological polar surface area (TPSA) is 29.5 Å². The molecular formula is C11H11AcBrO2. The van der Waals surface area contributed by atoms with E-state index in [2.05, 4.69) is 15.9 Å². The maximum Gasteiger partial charge on any atom is 0.134 e. The van der Waals surface area contributed by atoms with Gasteiger partial charge in [-0.15, -0.1) is 0 Å². The van der Waals surface area contributed by atoms with Crippen molar-refractivity contribution >= 4 is 15.9 Å². The number of ether oxygens (including phenoxy) is 1. The Balaban J connectivity index is 0.00000112. The molecule has 0 aromatic heterocycles. The molecule has 1 aliphatic carbocycles. The first-order chi connectivity index (χ1) is 6.75. The molecule has 2 nitrogen and oxygen atoms in total. The molecule has 15 heavy (non-hydrogen) atoms. The van der Waals surface area contributed by atoms with Crippen molar-refractivity contribution < 1.29 is 53.9 Å². The van der Waals surface area contributed by atoms with Crippen molar-refractivity contribution in [2.24, 2.45) is 0 Å². The van der Waals surface area contributed by atoms with Crippen LogP contribution in [0.2, 0.25) is 0 Å². The molecule has 0 saturated heterocycles. The van der Waals surface area contributed by atoms with Crippen molar-refractivity contribution in [1.29, 1.82) is 0 Å². The minimum absolute atomic E-state index is 0. The van der Waals surface area contributed by atoms with Gasteiger partial charge in [0.05, 0.1) is 10.6 Å². The van der Waals surface area contributed by atoms with Crippen LogP contribution in [0.1, 0.15) is 6.42 Å². The van der Waals surface area contributed by atoms with Crippen LogP contribution in [0.5, 0.6) is 5.75 Å². The van der Waals surface area contributed by atoms with Crippen LogP contribution in [0.3, 0.4) is 0 Å². The molecule has 0 bridgehead atoms. The van der Waals surface area contributed by atoms with Crippen LogP contribution in [0.15, 0.2) is 40.9 Å². The van der Waals surface area contributed by atoms with E-state index in [-0.39, 0.29) is 56.3 Å². The predicted molar refractivity (Wildman–Crippen MR) is 58.3 cm³/mol. The first-order valence-corrected chi connectivity index (χ1v) is 5.32. The summed E-state index contributed by atoms with van der Waals surface area (Å²) < 4.78 is 6.62. The molecule has 0 amide bonds. The van der Waals surface area contributed by atoms with E-state index >= 15 is 0 Å². The minimum Gasteiger partial charge on any atom is -0.485 e. The Kier molecular flexibility index (Phi) is 5.84. The van der Waals surface area contributed by atoms with Crippen molar-refractivity contribution in [3.05, 3.63) is 40.9 Å². The Labute approximate surface area is 133 Å². The molecule has 0 spiro atoms. The van der Waals surface area contributed by atoms with Crippen molar-refractivity contribution in [2.45, 2.75) is 18.6 Å². The predicted octanol–water partition coefficient (Wildman–Crippen LogP) is 2.52. The van der Waals surface area contributed by atoms with E-state index in [0.29, 0.717) is 6.42 Å². The van der Waals surface area contributed by atoms with E-state index in [0.717, 1.165) is 10.2 Å². The molecule has 0 fully saturated rings. The van der Waals surface area contributed by atoms with Crippen molar-refractivity contribution in [1.82, 2.24) is 0 Å². The Hall–Kier alpha value is 0.642. The summed E-state index contributed by atoms with van der Waals surface area (Å²) in [6.45, 7) is 0. The van der Waals surface area contributed by atoms with Crippen LogP contribution < -0.4 is 4.74 Å². The molecule has 2 atom stereocenters. The van der Waals surface area contributed by atoms with Crippen LogP contribution in [0.25, 0.3) is 0 Å². The molecular weight excluding hydrogens is 471 g/mol. The molecule has 0 aliphatic heterocycles. The smallest absolute Gasteiger partial charge is 0.134 e. The third-order valence-corrected chi connectivity index (χ3v) is 2.79. The SMILES string of the molecule is OC1C=CC(Oc2ccccc2Br)C1.[Ac]. The second kappa shape index (κ2) is 6.39. The molecule has 1 aromatic carbocycles. The summed E-state index contributed by atoms with van der Waals surface area (Å²) in [4.78, 5) is 0. The Morgan fingerprint density at radius 2 is 2.00 bits per heavy atom. The second-order valence-electron chi connectivity index (χ2n) is 3.27. The molecule has 1 aromatic rings. The molecule has 0 saturated carbocycles. The normalized spacial score (nSPS) is 23.6. The van der Waals surface area contributed by atoms with Crippen molar-refractivity contribution in [3.8, 4) is 5.75 Å². The number of aliphatic hydroxyl groups excluding tert-OH is 1. The quantitative estimate of drug-likeness (QED) is 0.658. The van der Waals surface area contributed by atoms with Gasteiger partial charge in [-0.25, -0.2) is 0 Å². The summed E-state index contributed by atoms with van der Waals surface area (Å²) in [5.74, 6) is 0.816. The maximum atomic E-state index is 9.27. The third-order valence-electron chi connectivity index (χ3n) is 2.14. The summed E-state index contributed by atoms with van der Waals surface area (Å²) in [7, 11) is 0. The van der Waals surface area contributed by atoms with Crippen LogP contribution >= 0.6 is 15.9 Å². The number of para-hydroxylation sites is 1. The molecule has 2 unspecified atom stereocenters. The van der Waals surface area contributed by atoms with Gasteiger partial charge in [-0.2, -0.15) is 0 Å². The molecule has 0 heterocycles. The standard InChI is InChI=1S/C11H11BrO2.Ac/c12-10-3-1-2-4-11(10)14-9-6-5-8(13)7-9;/h1-6,8-9,13H,7H2;. The van der Waals surface area contributed by atoms with Gasteiger partial charge >= 0.3 is 0 Å². The van der Waals surface area contributed by atoms with Gasteiger partial charge in [0.25, 0.3) is 0 Å². The number of benzene rings is 1. The van der Waals surface area contributed by atoms with E-state index in [1.807, 2.05) is 30.3 Å². The van der Waals surface area contributed by atoms with Gasteiger partial charge in [-0.3, -0.25) is 0 Å². The number of hydrogen-bond donors (Lipinski definition) is 1. The van der Waals surface area contributed by atoms with E-state index < -0.39 is 0 Å². The summed E-state index contributed by atoms with van der Waals surface area (Å²) in [5.41, 5.74) is 0. The first kappa shape index (κ1) is 13.7. The van der Waals surface area contributed by atoms with Crippen molar-refractivity contribution in [2.75, 3.05) is 0 Å². The van der Waals surface area contributed by atoms with E-state index in [4.69, 9.17) is 4.74 Å². The van der Waals surface area contributed by atoms with Crippen LogP contribution in [0, 0.1) is 44.1 Å². The average Bonchev–Trinajstić information content (AvgIpc) is 2.56. The molecule has 1 radical (unpaired) electrons. The Bertz CT molecular complexity index is 354. The van der Waals surface area contributed by atoms with Crippen LogP contribution in [-0.4, -0.2) is 17.3 Å². The fourth-order valence-corrected chi connectivity index (χ4v) is 1.82. The van der Waals surface area contributed by atoms with Crippen LogP contribution in [-0.2, 0) is 0 Å². The number of halogens is 1. The third kappa shape index (κ3) is 3.85. The first-order valence-electron chi connectivity index (χ1n) is 4.53. The summed E-state index contributed by atoms with van der Waals surface area (Å²) in [6, 6.07) is 7.71. The summed E-state index contributed by atoms with van der Waals surface area (Å²) in [5, 5.41) is 9.27. The molecule has 1 aliphatic rings. The van der Waals surface area contributed by atoms with Gasteiger partial charge in [0, 0.05) is 50.5 Å². The van der Waals surface area contributed by atoms with Gasteiger partial charge in [-0.1, -0.05) is 18.2 Å². The summed E-state index contributed by atoms with van der Waals surface area (Å²) in [6.07, 6.45) is 3.93. The van der Waals surface area contributed by atoms with Gasteiger partial charge in [-0.05, 0) is 34.1 Å². The van der Waals surface area contributed by atoms with E-state index in [1.54, 1.807) is 6.08 Å². The zero-order valence-corrected chi connectivity index (χ0v) is 14.5. The number of rotatable bonds is 2. The van der Waals surface area contributed by atoms with Gasteiger partial charge in [0.2, 0.25) is 0 Å². The number of hydrogen-bond acceptors (Lipinski definition) is 2. The summed E-state index contributed by atoms with van der Waals surface area (Å²) >= 11 is 3.41. The second-order valence-corrected chi connectivity index (χ2v) is 4.13. The van der Waals surface area contributed by atoms with Gasteiger partial charge in [0.1, 0.15) is 11.9 Å². The minimum atomic E-state index is -0.359.